The number of hydrogen-bond donors (Lipinski definition) is 0. The minimum Gasteiger partial charge on any atom is -0.461 e. The first-order valence-electron chi connectivity index (χ1n) is 10.3. The number of ether oxygens (including phenoxy) is 1. The van der Waals surface area contributed by atoms with Gasteiger partial charge in [0.15, 0.2) is 5.69 Å². The molecule has 154 valence electrons. The predicted octanol–water partition coefficient (Wildman–Crippen LogP) is 3.57. The Labute approximate surface area is 176 Å². The molecule has 0 atom stereocenters. The van der Waals surface area contributed by atoms with Crippen LogP contribution in [-0.4, -0.2) is 39.7 Å². The third kappa shape index (κ3) is 4.13. The number of esters is 1. The highest BCUT2D eigenvalue weighted by atomic mass is 16.5. The van der Waals surface area contributed by atoms with E-state index >= 15 is 0 Å². The Hall–Kier alpha value is -3.41. The van der Waals surface area contributed by atoms with Crippen LogP contribution in [-0.2, 0) is 28.9 Å². The Balaban J connectivity index is 1.57. The molecule has 1 aliphatic heterocycles. The molecule has 0 saturated carbocycles. The lowest BCUT2D eigenvalue weighted by molar-refractivity contribution is -0.132. The molecule has 0 spiro atoms. The van der Waals surface area contributed by atoms with Crippen LogP contribution in [0.5, 0.6) is 0 Å². The van der Waals surface area contributed by atoms with E-state index in [-0.39, 0.29) is 12.5 Å². The average molecular weight is 403 g/mol. The van der Waals surface area contributed by atoms with Crippen LogP contribution in [0.15, 0.2) is 60.7 Å². The lowest BCUT2D eigenvalue weighted by Crippen LogP contribution is -2.36. The van der Waals surface area contributed by atoms with Gasteiger partial charge in [-0.15, -0.1) is 0 Å². The van der Waals surface area contributed by atoms with Gasteiger partial charge in [0.25, 0.3) is 0 Å². The van der Waals surface area contributed by atoms with Crippen LogP contribution < -0.4 is 0 Å². The van der Waals surface area contributed by atoms with Gasteiger partial charge in [0, 0.05) is 31.5 Å². The molecule has 4 rings (SSSR count). The number of fused-ring (bicyclic) bond motifs is 1. The van der Waals surface area contributed by atoms with E-state index in [0.29, 0.717) is 38.0 Å². The summed E-state index contributed by atoms with van der Waals surface area (Å²) in [6.07, 6.45) is 1.80. The number of para-hydroxylation sites is 1. The van der Waals surface area contributed by atoms with Crippen molar-refractivity contribution < 1.29 is 14.3 Å². The molecular weight excluding hydrogens is 378 g/mol. The molecule has 1 aromatic heterocycles. The van der Waals surface area contributed by atoms with Gasteiger partial charge in [-0.25, -0.2) is 9.48 Å². The summed E-state index contributed by atoms with van der Waals surface area (Å²) in [5.74, 6) is -0.353. The first-order valence-corrected chi connectivity index (χ1v) is 10.3. The van der Waals surface area contributed by atoms with Gasteiger partial charge in [0.05, 0.1) is 18.0 Å². The van der Waals surface area contributed by atoms with E-state index in [9.17, 15) is 9.59 Å². The van der Waals surface area contributed by atoms with Gasteiger partial charge in [-0.2, -0.15) is 5.10 Å². The fourth-order valence-electron chi connectivity index (χ4n) is 3.83. The number of carbonyl (C=O) groups excluding carboxylic acids is 2. The Morgan fingerprint density at radius 2 is 1.73 bits per heavy atom. The van der Waals surface area contributed by atoms with Gasteiger partial charge < -0.3 is 9.64 Å². The van der Waals surface area contributed by atoms with Gasteiger partial charge in [-0.1, -0.05) is 48.5 Å². The highest BCUT2D eigenvalue weighted by Gasteiger charge is 2.31. The van der Waals surface area contributed by atoms with E-state index in [4.69, 9.17) is 4.74 Å². The summed E-state index contributed by atoms with van der Waals surface area (Å²) < 4.78 is 7.04. The van der Waals surface area contributed by atoms with E-state index in [1.54, 1.807) is 6.92 Å². The SMILES string of the molecule is CCOC(=O)c1nn(-c2ccccc2)c2c1CN(C(=O)CCc1ccccc1)CC2. The summed E-state index contributed by atoms with van der Waals surface area (Å²) in [5.41, 5.74) is 4.10. The molecule has 1 amide bonds. The van der Waals surface area contributed by atoms with Crippen LogP contribution in [0, 0.1) is 0 Å². The third-order valence-electron chi connectivity index (χ3n) is 5.35. The maximum atomic E-state index is 12.8. The van der Waals surface area contributed by atoms with Crippen LogP contribution in [0.2, 0.25) is 0 Å². The van der Waals surface area contributed by atoms with Crippen molar-refractivity contribution in [2.75, 3.05) is 13.2 Å². The van der Waals surface area contributed by atoms with Crippen LogP contribution >= 0.6 is 0 Å². The Morgan fingerprint density at radius 3 is 2.43 bits per heavy atom. The molecule has 0 unspecified atom stereocenters. The zero-order chi connectivity index (χ0) is 20.9. The second kappa shape index (κ2) is 8.95. The summed E-state index contributed by atoms with van der Waals surface area (Å²) in [5, 5.41) is 4.57. The summed E-state index contributed by atoms with van der Waals surface area (Å²) >= 11 is 0. The van der Waals surface area contributed by atoms with Crippen molar-refractivity contribution in [2.45, 2.75) is 32.7 Å². The molecule has 3 aromatic rings. The van der Waals surface area contributed by atoms with E-state index in [0.717, 1.165) is 22.5 Å². The molecule has 1 aliphatic rings. The number of benzene rings is 2. The molecule has 0 fully saturated rings. The molecule has 0 aliphatic carbocycles. The number of hydrogen-bond acceptors (Lipinski definition) is 4. The van der Waals surface area contributed by atoms with Crippen molar-refractivity contribution in [3.05, 3.63) is 83.2 Å². The fraction of sp³-hybridized carbons (Fsp3) is 0.292. The first kappa shape index (κ1) is 19.9. The fourth-order valence-corrected chi connectivity index (χ4v) is 3.83. The van der Waals surface area contributed by atoms with Gasteiger partial charge in [0.1, 0.15) is 0 Å². The van der Waals surface area contributed by atoms with Crippen molar-refractivity contribution in [2.24, 2.45) is 0 Å². The Kier molecular flexibility index (Phi) is 5.93. The smallest absolute Gasteiger partial charge is 0.359 e. The molecule has 0 saturated heterocycles. The summed E-state index contributed by atoms with van der Waals surface area (Å²) in [6.45, 7) is 3.05. The number of rotatable bonds is 6. The van der Waals surface area contributed by atoms with E-state index in [2.05, 4.69) is 5.10 Å². The van der Waals surface area contributed by atoms with Crippen LogP contribution in [0.25, 0.3) is 5.69 Å². The van der Waals surface area contributed by atoms with Crippen LogP contribution in [0.3, 0.4) is 0 Å². The first-order chi connectivity index (χ1) is 14.7. The van der Waals surface area contributed by atoms with Gasteiger partial charge in [0.2, 0.25) is 5.91 Å². The van der Waals surface area contributed by atoms with Crippen molar-refractivity contribution in [1.82, 2.24) is 14.7 Å². The van der Waals surface area contributed by atoms with Crippen molar-refractivity contribution in [1.29, 1.82) is 0 Å². The minimum atomic E-state index is -0.443. The number of nitrogens with zero attached hydrogens (tertiary/aromatic N) is 3. The molecule has 0 bridgehead atoms. The summed E-state index contributed by atoms with van der Waals surface area (Å²) in [4.78, 5) is 27.2. The van der Waals surface area contributed by atoms with Crippen molar-refractivity contribution in [3.8, 4) is 5.69 Å². The second-order valence-corrected chi connectivity index (χ2v) is 7.29. The zero-order valence-corrected chi connectivity index (χ0v) is 17.1. The molecule has 30 heavy (non-hydrogen) atoms. The lowest BCUT2D eigenvalue weighted by Gasteiger charge is -2.28. The summed E-state index contributed by atoms with van der Waals surface area (Å²) in [6, 6.07) is 19.7. The number of amides is 1. The van der Waals surface area contributed by atoms with Crippen molar-refractivity contribution >= 4 is 11.9 Å². The maximum Gasteiger partial charge on any atom is 0.359 e. The normalized spacial score (nSPS) is 13.0. The quantitative estimate of drug-likeness (QED) is 0.591. The number of carbonyl (C=O) groups is 2. The molecule has 2 heterocycles. The van der Waals surface area contributed by atoms with E-state index in [1.165, 1.54) is 0 Å². The van der Waals surface area contributed by atoms with E-state index in [1.807, 2.05) is 70.2 Å². The number of aryl methyl sites for hydroxylation is 1. The highest BCUT2D eigenvalue weighted by molar-refractivity contribution is 5.90. The Morgan fingerprint density at radius 1 is 1.03 bits per heavy atom. The third-order valence-corrected chi connectivity index (χ3v) is 5.35. The molecule has 2 aromatic carbocycles. The highest BCUT2D eigenvalue weighted by Crippen LogP contribution is 2.26. The van der Waals surface area contributed by atoms with Crippen molar-refractivity contribution in [3.63, 3.8) is 0 Å². The lowest BCUT2D eigenvalue weighted by atomic mass is 10.0. The molecule has 6 nitrogen and oxygen atoms in total. The van der Waals surface area contributed by atoms with E-state index < -0.39 is 5.97 Å². The van der Waals surface area contributed by atoms with Crippen LogP contribution in [0.4, 0.5) is 0 Å². The number of aromatic nitrogens is 2. The largest absolute Gasteiger partial charge is 0.461 e. The van der Waals surface area contributed by atoms with Gasteiger partial charge in [-0.05, 0) is 31.0 Å². The monoisotopic (exact) mass is 403 g/mol. The Bertz CT molecular complexity index is 1030. The topological polar surface area (TPSA) is 64.4 Å². The maximum absolute atomic E-state index is 12.8. The molecular formula is C24H25N3O3. The van der Waals surface area contributed by atoms with Gasteiger partial charge >= 0.3 is 5.97 Å². The average Bonchev–Trinajstić information content (AvgIpc) is 3.18. The van der Waals surface area contributed by atoms with Crippen LogP contribution in [0.1, 0.15) is 40.7 Å². The molecule has 6 heteroatoms. The standard InChI is InChI=1S/C24H25N3O3/c1-2-30-24(29)23-20-17-26(22(28)14-13-18-9-5-3-6-10-18)16-15-21(20)27(25-23)19-11-7-4-8-12-19/h3-12H,2,13-17H2,1H3. The van der Waals surface area contributed by atoms with Gasteiger partial charge in [-0.3, -0.25) is 4.79 Å². The molecule has 0 N–H and O–H groups in total. The molecule has 0 radical (unpaired) electrons. The second-order valence-electron chi connectivity index (χ2n) is 7.29. The predicted molar refractivity (Wildman–Crippen MR) is 113 cm³/mol. The zero-order valence-electron chi connectivity index (χ0n) is 17.1. The summed E-state index contributed by atoms with van der Waals surface area (Å²) in [7, 11) is 0. The minimum absolute atomic E-state index is 0.0896.